The summed E-state index contributed by atoms with van der Waals surface area (Å²) in [6, 6.07) is 14.8. The molecule has 1 saturated heterocycles. The summed E-state index contributed by atoms with van der Waals surface area (Å²) in [5, 5.41) is 2.03. The van der Waals surface area contributed by atoms with Crippen LogP contribution in [0.1, 0.15) is 29.5 Å². The lowest BCUT2D eigenvalue weighted by Gasteiger charge is -2.36. The molecule has 4 nitrogen and oxygen atoms in total. The summed E-state index contributed by atoms with van der Waals surface area (Å²) in [7, 11) is 0. The Morgan fingerprint density at radius 1 is 0.875 bits per heavy atom. The lowest BCUT2D eigenvalue weighted by atomic mass is 9.89. The van der Waals surface area contributed by atoms with Gasteiger partial charge >= 0.3 is 0 Å². The molecule has 0 amide bonds. The van der Waals surface area contributed by atoms with Crippen molar-refractivity contribution in [2.75, 3.05) is 37.6 Å². The summed E-state index contributed by atoms with van der Waals surface area (Å²) < 4.78 is 0. The third-order valence-electron chi connectivity index (χ3n) is 6.68. The number of aromatic nitrogens is 1. The summed E-state index contributed by atoms with van der Waals surface area (Å²) in [6.07, 6.45) is 5.29. The third-order valence-corrected chi connectivity index (χ3v) is 6.93. The van der Waals surface area contributed by atoms with E-state index in [1.54, 1.807) is 0 Å². The van der Waals surface area contributed by atoms with Gasteiger partial charge in [0.1, 0.15) is 0 Å². The van der Waals surface area contributed by atoms with Crippen LogP contribution < -0.4 is 10.5 Å². The topological polar surface area (TPSA) is 39.3 Å². The van der Waals surface area contributed by atoms with Crippen LogP contribution >= 0.6 is 36.4 Å². The van der Waals surface area contributed by atoms with Gasteiger partial charge in [0.2, 0.25) is 0 Å². The van der Waals surface area contributed by atoms with Gasteiger partial charge < -0.3 is 9.88 Å². The first-order valence-electron chi connectivity index (χ1n) is 11.1. The summed E-state index contributed by atoms with van der Waals surface area (Å²) in [6.45, 7) is 5.27. The van der Waals surface area contributed by atoms with Crippen LogP contribution in [-0.2, 0) is 19.3 Å². The Labute approximate surface area is 206 Å². The van der Waals surface area contributed by atoms with Gasteiger partial charge in [-0.15, -0.1) is 24.8 Å². The minimum absolute atomic E-state index is 0. The molecule has 1 aliphatic heterocycles. The second kappa shape index (κ2) is 10.9. The van der Waals surface area contributed by atoms with E-state index in [0.717, 1.165) is 74.5 Å². The first-order chi connectivity index (χ1) is 14.7. The molecule has 0 atom stereocenters. The van der Waals surface area contributed by atoms with E-state index < -0.39 is 0 Å². The predicted octanol–water partition coefficient (Wildman–Crippen LogP) is 5.27. The molecule has 1 N–H and O–H groups in total. The molecule has 0 bridgehead atoms. The molecule has 32 heavy (non-hydrogen) atoms. The summed E-state index contributed by atoms with van der Waals surface area (Å²) in [5.41, 5.74) is 5.97. The van der Waals surface area contributed by atoms with E-state index in [2.05, 4.69) is 45.1 Å². The van der Waals surface area contributed by atoms with Gasteiger partial charge in [0.05, 0.1) is 0 Å². The molecule has 7 heteroatoms. The summed E-state index contributed by atoms with van der Waals surface area (Å²) >= 11 is 6.01. The molecule has 1 aliphatic carbocycles. The third kappa shape index (κ3) is 5.26. The number of anilines is 1. The molecule has 2 heterocycles. The zero-order chi connectivity index (χ0) is 20.5. The van der Waals surface area contributed by atoms with E-state index in [9.17, 15) is 4.79 Å². The molecular weight excluding hydrogens is 465 g/mol. The fourth-order valence-electron chi connectivity index (χ4n) is 4.93. The van der Waals surface area contributed by atoms with Crippen LogP contribution in [0.4, 0.5) is 5.69 Å². The van der Waals surface area contributed by atoms with E-state index in [0.29, 0.717) is 0 Å². The Bertz CT molecular complexity index is 1110. The average Bonchev–Trinajstić information content (AvgIpc) is 2.79. The lowest BCUT2D eigenvalue weighted by molar-refractivity contribution is 0.261. The maximum Gasteiger partial charge on any atom is 0.251 e. The second-order valence-electron chi connectivity index (χ2n) is 8.55. The van der Waals surface area contributed by atoms with Gasteiger partial charge in [0, 0.05) is 59.9 Å². The molecule has 3 aromatic rings. The van der Waals surface area contributed by atoms with Crippen molar-refractivity contribution in [1.29, 1.82) is 0 Å². The van der Waals surface area contributed by atoms with Crippen molar-refractivity contribution in [2.45, 2.75) is 32.1 Å². The zero-order valence-corrected chi connectivity index (χ0v) is 20.5. The maximum atomic E-state index is 12.5. The zero-order valence-electron chi connectivity index (χ0n) is 18.1. The maximum absolute atomic E-state index is 12.5. The summed E-state index contributed by atoms with van der Waals surface area (Å²) in [5.74, 6) is 0. The van der Waals surface area contributed by atoms with Crippen molar-refractivity contribution in [3.8, 4) is 0 Å². The number of rotatable bonds is 4. The Morgan fingerprint density at radius 2 is 1.56 bits per heavy atom. The number of fused-ring (bicyclic) bond motifs is 3. The number of pyridine rings is 1. The first kappa shape index (κ1) is 24.9. The van der Waals surface area contributed by atoms with Gasteiger partial charge in [-0.05, 0) is 73.6 Å². The number of aryl methyl sites for hydroxylation is 1. The number of nitrogens with zero attached hydrogens (tertiary/aromatic N) is 2. The lowest BCUT2D eigenvalue weighted by Crippen LogP contribution is -2.46. The van der Waals surface area contributed by atoms with Gasteiger partial charge in [-0.1, -0.05) is 23.7 Å². The van der Waals surface area contributed by atoms with Crippen LogP contribution in [0.15, 0.2) is 47.3 Å². The Morgan fingerprint density at radius 3 is 2.28 bits per heavy atom. The molecule has 2 aromatic carbocycles. The van der Waals surface area contributed by atoms with E-state index in [4.69, 9.17) is 11.6 Å². The molecule has 0 radical (unpaired) electrons. The largest absolute Gasteiger partial charge is 0.369 e. The molecule has 0 saturated carbocycles. The second-order valence-corrected chi connectivity index (χ2v) is 8.99. The number of benzene rings is 2. The standard InChI is InChI=1S/C25H28ClN3O.2ClH/c26-19-6-8-20(9-7-19)29-15-13-28(14-16-29)12-11-18-5-10-22-21-3-1-2-4-23(21)25(30)27-24(22)17-18;;/h5-10,17H,1-4,11-16H2,(H,27,30);2*1H. The van der Waals surface area contributed by atoms with Gasteiger partial charge in [0.15, 0.2) is 0 Å². The fourth-order valence-corrected chi connectivity index (χ4v) is 5.06. The predicted molar refractivity (Wildman–Crippen MR) is 140 cm³/mol. The summed E-state index contributed by atoms with van der Waals surface area (Å²) in [4.78, 5) is 20.6. The number of piperazine rings is 1. The molecule has 1 aromatic heterocycles. The van der Waals surface area contributed by atoms with Gasteiger partial charge in [-0.3, -0.25) is 9.69 Å². The SMILES string of the molecule is Cl.Cl.O=c1[nH]c2cc(CCN3CCN(c4ccc(Cl)cc4)CC3)ccc2c2c1CCCC2. The van der Waals surface area contributed by atoms with Crippen LogP contribution in [0.25, 0.3) is 10.9 Å². The van der Waals surface area contributed by atoms with Crippen LogP contribution in [0, 0.1) is 0 Å². The van der Waals surface area contributed by atoms with Crippen molar-refractivity contribution in [3.63, 3.8) is 0 Å². The Balaban J connectivity index is 0.00000144. The van der Waals surface area contributed by atoms with E-state index >= 15 is 0 Å². The highest BCUT2D eigenvalue weighted by Gasteiger charge is 2.18. The Kier molecular flexibility index (Phi) is 8.51. The van der Waals surface area contributed by atoms with Crippen LogP contribution in [0.2, 0.25) is 5.02 Å². The molecule has 5 rings (SSSR count). The number of H-pyrrole nitrogens is 1. The highest BCUT2D eigenvalue weighted by Crippen LogP contribution is 2.26. The minimum Gasteiger partial charge on any atom is -0.369 e. The van der Waals surface area contributed by atoms with Crippen molar-refractivity contribution < 1.29 is 0 Å². The van der Waals surface area contributed by atoms with Crippen LogP contribution in [0.5, 0.6) is 0 Å². The van der Waals surface area contributed by atoms with Gasteiger partial charge in [0.25, 0.3) is 5.56 Å². The van der Waals surface area contributed by atoms with Crippen LogP contribution in [-0.4, -0.2) is 42.6 Å². The number of aromatic amines is 1. The van der Waals surface area contributed by atoms with Crippen LogP contribution in [0.3, 0.4) is 0 Å². The van der Waals surface area contributed by atoms with Crippen molar-refractivity contribution >= 4 is 53.0 Å². The van der Waals surface area contributed by atoms with E-state index in [-0.39, 0.29) is 30.4 Å². The fraction of sp³-hybridized carbons (Fsp3) is 0.400. The average molecular weight is 495 g/mol. The molecular formula is C25H30Cl3N3O. The minimum atomic E-state index is 0. The monoisotopic (exact) mass is 493 g/mol. The number of halogens is 3. The van der Waals surface area contributed by atoms with Gasteiger partial charge in [-0.25, -0.2) is 0 Å². The number of hydrogen-bond donors (Lipinski definition) is 1. The van der Waals surface area contributed by atoms with Gasteiger partial charge in [-0.2, -0.15) is 0 Å². The highest BCUT2D eigenvalue weighted by atomic mass is 35.5. The van der Waals surface area contributed by atoms with Crippen molar-refractivity contribution in [2.24, 2.45) is 0 Å². The van der Waals surface area contributed by atoms with Crippen molar-refractivity contribution in [3.05, 3.63) is 74.5 Å². The molecule has 2 aliphatic rings. The normalized spacial score (nSPS) is 16.2. The van der Waals surface area contributed by atoms with E-state index in [1.807, 2.05) is 12.1 Å². The Hall–Kier alpha value is -1.72. The molecule has 0 unspecified atom stereocenters. The van der Waals surface area contributed by atoms with Crippen molar-refractivity contribution in [1.82, 2.24) is 9.88 Å². The number of nitrogens with one attached hydrogen (secondary N) is 1. The number of hydrogen-bond acceptors (Lipinski definition) is 3. The van der Waals surface area contributed by atoms with E-state index in [1.165, 1.54) is 28.6 Å². The molecule has 0 spiro atoms. The quantitative estimate of drug-likeness (QED) is 0.537. The molecule has 1 fully saturated rings. The smallest absolute Gasteiger partial charge is 0.251 e. The molecule has 172 valence electrons. The highest BCUT2D eigenvalue weighted by molar-refractivity contribution is 6.30. The first-order valence-corrected chi connectivity index (χ1v) is 11.4.